The third-order valence-electron chi connectivity index (χ3n) is 7.14. The van der Waals surface area contributed by atoms with Crippen LogP contribution >= 0.6 is 34.5 Å². The van der Waals surface area contributed by atoms with E-state index in [9.17, 15) is 19.2 Å². The van der Waals surface area contributed by atoms with Gasteiger partial charge in [0.05, 0.1) is 16.1 Å². The molecule has 0 spiro atoms. The normalized spacial score (nSPS) is 13.2. The molecule has 0 unspecified atom stereocenters. The average Bonchev–Trinajstić information content (AvgIpc) is 3.61. The molecule has 16 heteroatoms. The van der Waals surface area contributed by atoms with Crippen molar-refractivity contribution in [2.24, 2.45) is 16.6 Å². The zero-order valence-corrected chi connectivity index (χ0v) is 29.9. The number of aliphatic imine (C=N–C) groups is 1. The number of carbonyl (C=O) groups excluding carboxylic acids is 4. The van der Waals surface area contributed by atoms with Crippen molar-refractivity contribution >= 4 is 64.1 Å². The highest BCUT2D eigenvalue weighted by atomic mass is 35.5. The van der Waals surface area contributed by atoms with Gasteiger partial charge in [-0.2, -0.15) is 0 Å². The topological polar surface area (TPSA) is 192 Å². The van der Waals surface area contributed by atoms with Crippen LogP contribution in [-0.4, -0.2) is 66.3 Å². The smallest absolute Gasteiger partial charge is 0.315 e. The molecule has 0 fully saturated rings. The molecule has 264 valence electrons. The van der Waals surface area contributed by atoms with Gasteiger partial charge in [-0.15, -0.1) is 11.3 Å². The number of guanidine groups is 1. The van der Waals surface area contributed by atoms with Gasteiger partial charge in [0.15, 0.2) is 5.01 Å². The van der Waals surface area contributed by atoms with Crippen LogP contribution in [0.4, 0.5) is 4.79 Å². The monoisotopic (exact) mass is 731 g/mol. The number of halogens is 2. The van der Waals surface area contributed by atoms with Gasteiger partial charge >= 0.3 is 6.03 Å². The maximum atomic E-state index is 13.9. The van der Waals surface area contributed by atoms with Crippen LogP contribution in [0.15, 0.2) is 65.1 Å². The van der Waals surface area contributed by atoms with E-state index in [1.54, 1.807) is 30.6 Å². The predicted molar refractivity (Wildman–Crippen MR) is 193 cm³/mol. The lowest BCUT2D eigenvalue weighted by molar-refractivity contribution is -0.130. The molecule has 49 heavy (non-hydrogen) atoms. The Morgan fingerprint density at radius 3 is 2.29 bits per heavy atom. The number of Topliss-reactive ketones (excluding diaryl/α,β-unsaturated/α-hetero) is 1. The fraction of sp³-hybridized carbons (Fsp3) is 0.394. The number of aromatic nitrogens is 1. The number of nitrogens with one attached hydrogen (secondary N) is 6. The van der Waals surface area contributed by atoms with Gasteiger partial charge in [-0.05, 0) is 48.4 Å². The van der Waals surface area contributed by atoms with E-state index in [4.69, 9.17) is 28.9 Å². The van der Waals surface area contributed by atoms with E-state index in [0.717, 1.165) is 11.1 Å². The third kappa shape index (κ3) is 13.7. The maximum Gasteiger partial charge on any atom is 0.315 e. The maximum absolute atomic E-state index is 13.9. The lowest BCUT2D eigenvalue weighted by Crippen LogP contribution is -2.57. The number of thiazole rings is 1. The molecule has 0 bridgehead atoms. The molecular formula is C33H43Cl2N9O4S. The van der Waals surface area contributed by atoms with Crippen LogP contribution in [0.25, 0.3) is 0 Å². The molecule has 2 aromatic carbocycles. The highest BCUT2D eigenvalue weighted by Crippen LogP contribution is 2.22. The van der Waals surface area contributed by atoms with Gasteiger partial charge in [0, 0.05) is 38.1 Å². The number of hydrogen-bond acceptors (Lipinski definition) is 8. The molecule has 8 N–H and O–H groups in total. The van der Waals surface area contributed by atoms with Gasteiger partial charge in [0.1, 0.15) is 12.1 Å². The number of hydrazine groups is 1. The van der Waals surface area contributed by atoms with E-state index >= 15 is 0 Å². The van der Waals surface area contributed by atoms with Crippen molar-refractivity contribution in [3.63, 3.8) is 0 Å². The number of hydrogen-bond donors (Lipinski definition) is 7. The van der Waals surface area contributed by atoms with Crippen molar-refractivity contribution in [2.45, 2.75) is 64.2 Å². The minimum Gasteiger partial charge on any atom is -0.369 e. The largest absolute Gasteiger partial charge is 0.369 e. The summed E-state index contributed by atoms with van der Waals surface area (Å²) in [5, 5.41) is 13.8. The lowest BCUT2D eigenvalue weighted by Gasteiger charge is -2.26. The summed E-state index contributed by atoms with van der Waals surface area (Å²) in [5.41, 5.74) is 12.6. The number of nitrogens with zero attached hydrogens (tertiary/aromatic N) is 2. The van der Waals surface area contributed by atoms with Crippen LogP contribution in [0, 0.1) is 5.92 Å². The van der Waals surface area contributed by atoms with E-state index in [1.807, 2.05) is 44.2 Å². The summed E-state index contributed by atoms with van der Waals surface area (Å²) in [6, 6.07) is 10.7. The molecule has 0 aliphatic carbocycles. The van der Waals surface area contributed by atoms with Crippen molar-refractivity contribution in [1.82, 2.24) is 37.1 Å². The molecule has 1 aromatic heterocycles. The summed E-state index contributed by atoms with van der Waals surface area (Å²) in [6.07, 6.45) is 2.66. The molecule has 0 radical (unpaired) electrons. The standard InChI is InChI=1S/C33H43Cl2N9O4S/c1-20(2)16-26(43-33(48)40-19-22-11-12-23(34)24(35)17-22)29(46)42-27(18-21-8-5-4-6-9-21)30(47)41-25(28(45)31-38-14-15-49-31)10-7-13-39-32(36)44-37-3/h4-6,8-9,11-12,14-15,17,20,25-27,37H,7,10,13,16,18-19H2,1-3H3,(H,41,47)(H,42,46)(H3,36,39,44)(H2,40,43,48)/t25-,26-,27-/m0/s1. The average molecular weight is 733 g/mol. The molecule has 3 rings (SSSR count). The van der Waals surface area contributed by atoms with E-state index in [-0.39, 0.29) is 42.1 Å². The Morgan fingerprint density at radius 1 is 0.918 bits per heavy atom. The molecule has 0 saturated carbocycles. The summed E-state index contributed by atoms with van der Waals surface area (Å²) in [5.74, 6) is -1.23. The van der Waals surface area contributed by atoms with Gasteiger partial charge in [0.2, 0.25) is 23.6 Å². The number of benzene rings is 2. The molecule has 3 aromatic rings. The fourth-order valence-corrected chi connectivity index (χ4v) is 5.72. The number of amides is 4. The minimum atomic E-state index is -1.06. The van der Waals surface area contributed by atoms with E-state index in [1.165, 1.54) is 17.5 Å². The van der Waals surface area contributed by atoms with Crippen LogP contribution in [0.2, 0.25) is 10.0 Å². The first-order valence-electron chi connectivity index (χ1n) is 15.8. The van der Waals surface area contributed by atoms with E-state index in [2.05, 4.69) is 42.1 Å². The second-order valence-electron chi connectivity index (χ2n) is 11.6. The second-order valence-corrected chi connectivity index (χ2v) is 13.3. The van der Waals surface area contributed by atoms with Crippen LogP contribution in [-0.2, 0) is 22.6 Å². The lowest BCUT2D eigenvalue weighted by atomic mass is 10.0. The number of urea groups is 1. The molecule has 0 aliphatic heterocycles. The van der Waals surface area contributed by atoms with E-state index < -0.39 is 36.0 Å². The first-order valence-corrected chi connectivity index (χ1v) is 17.4. The number of nitrogens with two attached hydrogens (primary N) is 1. The van der Waals surface area contributed by atoms with Crippen molar-refractivity contribution in [1.29, 1.82) is 0 Å². The number of rotatable bonds is 18. The summed E-state index contributed by atoms with van der Waals surface area (Å²) in [4.78, 5) is 62.3. The Labute approximate surface area is 300 Å². The fourth-order valence-electron chi connectivity index (χ4n) is 4.77. The summed E-state index contributed by atoms with van der Waals surface area (Å²) in [6.45, 7) is 4.30. The van der Waals surface area contributed by atoms with Gasteiger partial charge in [-0.1, -0.05) is 73.4 Å². The summed E-state index contributed by atoms with van der Waals surface area (Å²) in [7, 11) is 1.65. The Kier molecular flexibility index (Phi) is 16.3. The van der Waals surface area contributed by atoms with E-state index in [0.29, 0.717) is 29.4 Å². The molecule has 13 nitrogen and oxygen atoms in total. The molecule has 3 atom stereocenters. The SMILES string of the molecule is CNNC(N)=NCCC[C@H](NC(=O)[C@H](Cc1ccccc1)NC(=O)[C@H](CC(C)C)NC(=O)NCc1ccc(Cl)c(Cl)c1)C(=O)c1nccs1. The molecule has 1 heterocycles. The molecular weight excluding hydrogens is 689 g/mol. The van der Waals surface area contributed by atoms with Gasteiger partial charge in [-0.3, -0.25) is 24.8 Å². The first kappa shape index (κ1) is 39.2. The Bertz CT molecular complexity index is 1560. The predicted octanol–water partition coefficient (Wildman–Crippen LogP) is 3.58. The number of carbonyl (C=O) groups is 4. The summed E-state index contributed by atoms with van der Waals surface area (Å²) < 4.78 is 0. The van der Waals surface area contributed by atoms with Crippen molar-refractivity contribution in [2.75, 3.05) is 13.6 Å². The number of ketones is 1. The molecule has 0 aliphatic rings. The molecule has 4 amide bonds. The van der Waals surface area contributed by atoms with Gasteiger partial charge in [0.25, 0.3) is 0 Å². The third-order valence-corrected chi connectivity index (χ3v) is 8.67. The van der Waals surface area contributed by atoms with Crippen LogP contribution < -0.4 is 37.9 Å². The highest BCUT2D eigenvalue weighted by molar-refractivity contribution is 7.11. The zero-order chi connectivity index (χ0) is 35.8. The van der Waals surface area contributed by atoms with Crippen LogP contribution in [0.1, 0.15) is 54.0 Å². The summed E-state index contributed by atoms with van der Waals surface area (Å²) >= 11 is 13.3. The highest BCUT2D eigenvalue weighted by Gasteiger charge is 2.31. The second kappa shape index (κ2) is 20.3. The van der Waals surface area contributed by atoms with Crippen molar-refractivity contribution < 1.29 is 19.2 Å². The minimum absolute atomic E-state index is 0.0350. The zero-order valence-electron chi connectivity index (χ0n) is 27.6. The molecule has 0 saturated heterocycles. The quantitative estimate of drug-likeness (QED) is 0.0340. The van der Waals surface area contributed by atoms with Gasteiger partial charge < -0.3 is 27.0 Å². The first-order chi connectivity index (χ1) is 23.5. The Hall–Kier alpha value is -4.24. The van der Waals surface area contributed by atoms with Crippen molar-refractivity contribution in [3.8, 4) is 0 Å². The Balaban J connectivity index is 1.76. The van der Waals surface area contributed by atoms with Gasteiger partial charge in [-0.25, -0.2) is 15.2 Å². The van der Waals surface area contributed by atoms with Crippen LogP contribution in [0.5, 0.6) is 0 Å². The Morgan fingerprint density at radius 2 is 1.63 bits per heavy atom. The van der Waals surface area contributed by atoms with Crippen molar-refractivity contribution in [3.05, 3.63) is 86.3 Å². The van der Waals surface area contributed by atoms with Crippen LogP contribution in [0.3, 0.4) is 0 Å².